The van der Waals surface area contributed by atoms with Crippen LogP contribution in [0.4, 0.5) is 0 Å². The second-order valence-corrected chi connectivity index (χ2v) is 6.92. The first-order valence-electron chi connectivity index (χ1n) is 9.45. The zero-order chi connectivity index (χ0) is 17.9. The van der Waals surface area contributed by atoms with Crippen LogP contribution in [-0.2, 0) is 6.42 Å². The summed E-state index contributed by atoms with van der Waals surface area (Å²) in [6.07, 6.45) is 2.23. The Balaban J connectivity index is 2.00. The van der Waals surface area contributed by atoms with Crippen molar-refractivity contribution in [3.63, 3.8) is 0 Å². The van der Waals surface area contributed by atoms with Crippen molar-refractivity contribution in [2.45, 2.75) is 26.7 Å². The van der Waals surface area contributed by atoms with Gasteiger partial charge in [-0.1, -0.05) is 98.3 Å². The van der Waals surface area contributed by atoms with Gasteiger partial charge in [-0.25, -0.2) is 0 Å². The molecule has 4 aromatic rings. The van der Waals surface area contributed by atoms with E-state index in [1.54, 1.807) is 0 Å². The van der Waals surface area contributed by atoms with Gasteiger partial charge in [-0.05, 0) is 57.5 Å². The normalized spacial score (nSPS) is 11.0. The van der Waals surface area contributed by atoms with Gasteiger partial charge in [0.2, 0.25) is 0 Å². The van der Waals surface area contributed by atoms with Crippen molar-refractivity contribution in [2.24, 2.45) is 0 Å². The van der Waals surface area contributed by atoms with Crippen LogP contribution in [0.5, 0.6) is 0 Å². The molecule has 0 spiro atoms. The lowest BCUT2D eigenvalue weighted by Crippen LogP contribution is -1.96. The highest BCUT2D eigenvalue weighted by Crippen LogP contribution is 2.37. The minimum Gasteiger partial charge on any atom is -0.0651 e. The van der Waals surface area contributed by atoms with Crippen LogP contribution in [0.2, 0.25) is 0 Å². The molecule has 4 rings (SSSR count). The Bertz CT molecular complexity index is 1050. The zero-order valence-electron chi connectivity index (χ0n) is 15.5. The van der Waals surface area contributed by atoms with Crippen molar-refractivity contribution in [1.82, 2.24) is 0 Å². The van der Waals surface area contributed by atoms with Gasteiger partial charge >= 0.3 is 0 Å². The summed E-state index contributed by atoms with van der Waals surface area (Å²) in [7, 11) is 0. The summed E-state index contributed by atoms with van der Waals surface area (Å²) in [5.74, 6) is 0. The first-order valence-corrected chi connectivity index (χ1v) is 9.45. The van der Waals surface area contributed by atoms with Crippen LogP contribution in [0.1, 0.15) is 24.5 Å². The van der Waals surface area contributed by atoms with E-state index in [1.807, 2.05) is 0 Å². The van der Waals surface area contributed by atoms with Crippen molar-refractivity contribution in [1.29, 1.82) is 0 Å². The fraction of sp³-hybridized carbons (Fsp3) is 0.154. The average Bonchev–Trinajstić information content (AvgIpc) is 2.69. The molecule has 0 aliphatic rings. The molecule has 0 atom stereocenters. The summed E-state index contributed by atoms with van der Waals surface area (Å²) in [5, 5.41) is 2.63. The Labute approximate surface area is 156 Å². The molecular formula is C26H24. The number of rotatable bonds is 4. The van der Waals surface area contributed by atoms with Gasteiger partial charge in [0.1, 0.15) is 0 Å². The van der Waals surface area contributed by atoms with E-state index in [1.165, 1.54) is 44.2 Å². The summed E-state index contributed by atoms with van der Waals surface area (Å²) in [4.78, 5) is 0. The minimum absolute atomic E-state index is 1.09. The Morgan fingerprint density at radius 2 is 1.15 bits per heavy atom. The lowest BCUT2D eigenvalue weighted by Gasteiger charge is -2.18. The van der Waals surface area contributed by atoms with Crippen LogP contribution in [-0.4, -0.2) is 0 Å². The molecule has 0 aliphatic heterocycles. The molecule has 0 unspecified atom stereocenters. The van der Waals surface area contributed by atoms with Crippen LogP contribution in [0.25, 0.3) is 33.0 Å². The SMILES string of the molecule is CCCc1c(-c2ccccc2C)cccc1-c1cccc2ccccc12. The van der Waals surface area contributed by atoms with Crippen molar-refractivity contribution in [3.05, 3.63) is 96.1 Å². The molecule has 0 saturated heterocycles. The zero-order valence-corrected chi connectivity index (χ0v) is 15.5. The third-order valence-corrected chi connectivity index (χ3v) is 5.19. The predicted molar refractivity (Wildman–Crippen MR) is 114 cm³/mol. The molecular weight excluding hydrogens is 312 g/mol. The maximum Gasteiger partial charge on any atom is -0.0102 e. The predicted octanol–water partition coefficient (Wildman–Crippen LogP) is 7.43. The van der Waals surface area contributed by atoms with E-state index in [2.05, 4.69) is 98.8 Å². The van der Waals surface area contributed by atoms with Crippen molar-refractivity contribution in [2.75, 3.05) is 0 Å². The highest BCUT2D eigenvalue weighted by Gasteiger charge is 2.14. The summed E-state index contributed by atoms with van der Waals surface area (Å²) >= 11 is 0. The Hall–Kier alpha value is -2.86. The van der Waals surface area contributed by atoms with E-state index in [9.17, 15) is 0 Å². The first kappa shape index (κ1) is 16.6. The van der Waals surface area contributed by atoms with Crippen molar-refractivity contribution < 1.29 is 0 Å². The molecule has 0 fully saturated rings. The van der Waals surface area contributed by atoms with E-state index in [-0.39, 0.29) is 0 Å². The highest BCUT2D eigenvalue weighted by molar-refractivity contribution is 5.98. The van der Waals surface area contributed by atoms with Gasteiger partial charge < -0.3 is 0 Å². The Morgan fingerprint density at radius 1 is 0.577 bits per heavy atom. The van der Waals surface area contributed by atoms with Gasteiger partial charge in [-0.2, -0.15) is 0 Å². The fourth-order valence-corrected chi connectivity index (χ4v) is 3.95. The van der Waals surface area contributed by atoms with E-state index < -0.39 is 0 Å². The molecule has 0 aliphatic carbocycles. The number of aryl methyl sites for hydroxylation is 1. The second-order valence-electron chi connectivity index (χ2n) is 6.92. The monoisotopic (exact) mass is 336 g/mol. The van der Waals surface area contributed by atoms with E-state index in [0.29, 0.717) is 0 Å². The number of fused-ring (bicyclic) bond motifs is 1. The molecule has 26 heavy (non-hydrogen) atoms. The van der Waals surface area contributed by atoms with Crippen LogP contribution >= 0.6 is 0 Å². The third-order valence-electron chi connectivity index (χ3n) is 5.19. The van der Waals surface area contributed by atoms with Crippen LogP contribution in [0.3, 0.4) is 0 Å². The molecule has 0 bridgehead atoms. The first-order chi connectivity index (χ1) is 12.8. The fourth-order valence-electron chi connectivity index (χ4n) is 3.95. The highest BCUT2D eigenvalue weighted by atomic mass is 14.2. The van der Waals surface area contributed by atoms with E-state index in [0.717, 1.165) is 12.8 Å². The lowest BCUT2D eigenvalue weighted by atomic mass is 9.86. The molecule has 0 nitrogen and oxygen atoms in total. The topological polar surface area (TPSA) is 0 Å². The van der Waals surface area contributed by atoms with Crippen LogP contribution in [0, 0.1) is 6.92 Å². The Kier molecular flexibility index (Phi) is 4.58. The van der Waals surface area contributed by atoms with Gasteiger partial charge in [0.05, 0.1) is 0 Å². The molecule has 0 heteroatoms. The standard InChI is InChI=1S/C26H24/c1-3-10-23-24(21-14-6-4-11-19(21)2)17-9-18-26(23)25-16-8-13-20-12-5-7-15-22(20)25/h4-9,11-18H,3,10H2,1-2H3. The van der Waals surface area contributed by atoms with Crippen LogP contribution < -0.4 is 0 Å². The number of hydrogen-bond acceptors (Lipinski definition) is 0. The molecule has 0 heterocycles. The third kappa shape index (κ3) is 2.93. The summed E-state index contributed by atoms with van der Waals surface area (Å²) in [6, 6.07) is 30.8. The van der Waals surface area contributed by atoms with Crippen LogP contribution in [0.15, 0.2) is 84.9 Å². The average molecular weight is 336 g/mol. The van der Waals surface area contributed by atoms with Crippen molar-refractivity contribution in [3.8, 4) is 22.3 Å². The van der Waals surface area contributed by atoms with Gasteiger partial charge in [-0.15, -0.1) is 0 Å². The Morgan fingerprint density at radius 3 is 1.96 bits per heavy atom. The molecule has 4 aromatic carbocycles. The largest absolute Gasteiger partial charge is 0.0651 e. The number of benzene rings is 4. The van der Waals surface area contributed by atoms with Gasteiger partial charge in [0, 0.05) is 0 Å². The molecule has 128 valence electrons. The molecule has 0 amide bonds. The quantitative estimate of drug-likeness (QED) is 0.363. The second kappa shape index (κ2) is 7.17. The van der Waals surface area contributed by atoms with E-state index in [4.69, 9.17) is 0 Å². The van der Waals surface area contributed by atoms with Gasteiger partial charge in [0.25, 0.3) is 0 Å². The molecule has 0 aromatic heterocycles. The maximum atomic E-state index is 2.29. The summed E-state index contributed by atoms with van der Waals surface area (Å²) in [6.45, 7) is 4.47. The van der Waals surface area contributed by atoms with Gasteiger partial charge in [-0.3, -0.25) is 0 Å². The smallest absolute Gasteiger partial charge is 0.0102 e. The maximum absolute atomic E-state index is 2.29. The molecule has 0 radical (unpaired) electrons. The number of hydrogen-bond donors (Lipinski definition) is 0. The van der Waals surface area contributed by atoms with Crippen molar-refractivity contribution >= 4 is 10.8 Å². The summed E-state index contributed by atoms with van der Waals surface area (Å²) in [5.41, 5.74) is 8.21. The summed E-state index contributed by atoms with van der Waals surface area (Å²) < 4.78 is 0. The lowest BCUT2D eigenvalue weighted by molar-refractivity contribution is 0.925. The minimum atomic E-state index is 1.09. The molecule has 0 saturated carbocycles. The molecule has 0 N–H and O–H groups in total. The van der Waals surface area contributed by atoms with E-state index >= 15 is 0 Å². The van der Waals surface area contributed by atoms with Gasteiger partial charge in [0.15, 0.2) is 0 Å².